The summed E-state index contributed by atoms with van der Waals surface area (Å²) >= 11 is 0. The molecule has 114 valence electrons. The molecule has 20 heavy (non-hydrogen) atoms. The molecule has 1 heterocycles. The zero-order valence-corrected chi connectivity index (χ0v) is 13.0. The minimum atomic E-state index is -0.445. The van der Waals surface area contributed by atoms with Crippen LogP contribution in [0.1, 0.15) is 39.5 Å². The van der Waals surface area contributed by atoms with Crippen molar-refractivity contribution in [2.75, 3.05) is 26.7 Å². The van der Waals surface area contributed by atoms with E-state index in [-0.39, 0.29) is 5.97 Å². The predicted octanol–water partition coefficient (Wildman–Crippen LogP) is 1.65. The number of nitrogens with zero attached hydrogens (tertiary/aromatic N) is 1. The van der Waals surface area contributed by atoms with Crippen LogP contribution < -0.4 is 5.32 Å². The topological polar surface area (TPSA) is 41.6 Å². The standard InChI is InChI=1S/C16H28N2O2/c1-11-8-18(9-12(11)2)10-16(13-4-5-13,15(19)20-3)17-14-6-7-14/h11-14,17H,4-10H2,1-3H3. The van der Waals surface area contributed by atoms with Gasteiger partial charge in [-0.3, -0.25) is 5.32 Å². The van der Waals surface area contributed by atoms with Crippen LogP contribution in [0.15, 0.2) is 0 Å². The van der Waals surface area contributed by atoms with E-state index in [0.717, 1.165) is 44.3 Å². The SMILES string of the molecule is COC(=O)C(CN1CC(C)C(C)C1)(NC1CC1)C1CC1. The van der Waals surface area contributed by atoms with E-state index in [2.05, 4.69) is 24.1 Å². The lowest BCUT2D eigenvalue weighted by Gasteiger charge is -2.36. The summed E-state index contributed by atoms with van der Waals surface area (Å²) in [5, 5.41) is 3.66. The molecule has 1 N–H and O–H groups in total. The molecule has 1 aliphatic heterocycles. The largest absolute Gasteiger partial charge is 0.468 e. The van der Waals surface area contributed by atoms with Gasteiger partial charge in [0.1, 0.15) is 5.54 Å². The van der Waals surface area contributed by atoms with Gasteiger partial charge in [0.05, 0.1) is 7.11 Å². The molecule has 4 nitrogen and oxygen atoms in total. The minimum Gasteiger partial charge on any atom is -0.468 e. The third-order valence-corrected chi connectivity index (χ3v) is 5.40. The average molecular weight is 280 g/mol. The van der Waals surface area contributed by atoms with Crippen molar-refractivity contribution in [2.24, 2.45) is 17.8 Å². The van der Waals surface area contributed by atoms with Crippen molar-refractivity contribution in [3.05, 3.63) is 0 Å². The quantitative estimate of drug-likeness (QED) is 0.751. The molecule has 0 radical (unpaired) electrons. The molecule has 3 rings (SSSR count). The Morgan fingerprint density at radius 1 is 1.20 bits per heavy atom. The molecule has 0 aromatic carbocycles. The van der Waals surface area contributed by atoms with Crippen molar-refractivity contribution < 1.29 is 9.53 Å². The fourth-order valence-corrected chi connectivity index (χ4v) is 3.66. The van der Waals surface area contributed by atoms with Gasteiger partial charge >= 0.3 is 5.97 Å². The van der Waals surface area contributed by atoms with Gasteiger partial charge in [0.2, 0.25) is 0 Å². The molecule has 3 unspecified atom stereocenters. The molecule has 0 amide bonds. The summed E-state index contributed by atoms with van der Waals surface area (Å²) in [6.07, 6.45) is 4.73. The predicted molar refractivity (Wildman–Crippen MR) is 78.4 cm³/mol. The van der Waals surface area contributed by atoms with Crippen LogP contribution in [-0.2, 0) is 9.53 Å². The van der Waals surface area contributed by atoms with Crippen molar-refractivity contribution in [3.8, 4) is 0 Å². The number of hydrogen-bond donors (Lipinski definition) is 1. The second kappa shape index (κ2) is 5.30. The number of ether oxygens (including phenoxy) is 1. The number of nitrogens with one attached hydrogen (secondary N) is 1. The van der Waals surface area contributed by atoms with Gasteiger partial charge in [-0.25, -0.2) is 4.79 Å². The molecule has 3 fully saturated rings. The van der Waals surface area contributed by atoms with Gasteiger partial charge in [0.15, 0.2) is 0 Å². The summed E-state index contributed by atoms with van der Waals surface area (Å²) in [6, 6.07) is 0.534. The first-order valence-corrected chi connectivity index (χ1v) is 8.13. The van der Waals surface area contributed by atoms with Crippen molar-refractivity contribution in [1.29, 1.82) is 0 Å². The summed E-state index contributed by atoms with van der Waals surface area (Å²) in [4.78, 5) is 15.0. The van der Waals surface area contributed by atoms with Crippen LogP contribution in [0.4, 0.5) is 0 Å². The summed E-state index contributed by atoms with van der Waals surface area (Å²) in [5.41, 5.74) is -0.445. The lowest BCUT2D eigenvalue weighted by atomic mass is 9.92. The van der Waals surface area contributed by atoms with Crippen molar-refractivity contribution >= 4 is 5.97 Å². The molecule has 0 bridgehead atoms. The lowest BCUT2D eigenvalue weighted by molar-refractivity contribution is -0.151. The van der Waals surface area contributed by atoms with E-state index in [0.29, 0.717) is 12.0 Å². The Balaban J connectivity index is 1.75. The second-order valence-electron chi connectivity index (χ2n) is 7.30. The van der Waals surface area contributed by atoms with Crippen LogP contribution in [0.5, 0.6) is 0 Å². The molecule has 2 aliphatic carbocycles. The molecule has 1 saturated heterocycles. The maximum atomic E-state index is 12.5. The zero-order valence-electron chi connectivity index (χ0n) is 13.0. The second-order valence-corrected chi connectivity index (χ2v) is 7.30. The molecular formula is C16H28N2O2. The van der Waals surface area contributed by atoms with Crippen molar-refractivity contribution in [1.82, 2.24) is 10.2 Å². The molecule has 3 atom stereocenters. The van der Waals surface area contributed by atoms with Crippen molar-refractivity contribution in [3.63, 3.8) is 0 Å². The van der Waals surface area contributed by atoms with Gasteiger partial charge in [-0.2, -0.15) is 0 Å². The first-order chi connectivity index (χ1) is 9.55. The van der Waals surface area contributed by atoms with Gasteiger partial charge in [0.25, 0.3) is 0 Å². The van der Waals surface area contributed by atoms with E-state index >= 15 is 0 Å². The van der Waals surface area contributed by atoms with Gasteiger partial charge in [-0.1, -0.05) is 13.8 Å². The monoisotopic (exact) mass is 280 g/mol. The fraction of sp³-hybridized carbons (Fsp3) is 0.938. The van der Waals surface area contributed by atoms with Crippen molar-refractivity contribution in [2.45, 2.75) is 51.1 Å². The summed E-state index contributed by atoms with van der Waals surface area (Å²) in [6.45, 7) is 7.68. The highest BCUT2D eigenvalue weighted by Crippen LogP contribution is 2.43. The molecule has 0 spiro atoms. The molecule has 0 aromatic rings. The van der Waals surface area contributed by atoms with E-state index in [1.165, 1.54) is 20.0 Å². The van der Waals surface area contributed by atoms with Crippen LogP contribution in [0.3, 0.4) is 0 Å². The summed E-state index contributed by atoms with van der Waals surface area (Å²) in [5.74, 6) is 1.89. The first-order valence-electron chi connectivity index (χ1n) is 8.13. The summed E-state index contributed by atoms with van der Waals surface area (Å²) < 4.78 is 5.18. The maximum Gasteiger partial charge on any atom is 0.327 e. The van der Waals surface area contributed by atoms with E-state index in [4.69, 9.17) is 4.74 Å². The number of rotatable bonds is 6. The molecule has 2 saturated carbocycles. The zero-order chi connectivity index (χ0) is 14.3. The molecular weight excluding hydrogens is 252 g/mol. The fourth-order valence-electron chi connectivity index (χ4n) is 3.66. The highest BCUT2D eigenvalue weighted by Gasteiger charge is 2.55. The Hall–Kier alpha value is -0.610. The lowest BCUT2D eigenvalue weighted by Crippen LogP contribution is -2.61. The Kier molecular flexibility index (Phi) is 3.80. The normalized spacial score (nSPS) is 34.0. The number of methoxy groups -OCH3 is 1. The third kappa shape index (κ3) is 2.73. The molecule has 4 heteroatoms. The Labute approximate surface area is 122 Å². The highest BCUT2D eigenvalue weighted by molar-refractivity contribution is 5.82. The molecule has 3 aliphatic rings. The van der Waals surface area contributed by atoms with E-state index in [1.807, 2.05) is 0 Å². The van der Waals surface area contributed by atoms with Crippen LogP contribution in [-0.4, -0.2) is 49.2 Å². The summed E-state index contributed by atoms with van der Waals surface area (Å²) in [7, 11) is 1.53. The number of likely N-dealkylation sites (tertiary alicyclic amines) is 1. The third-order valence-electron chi connectivity index (χ3n) is 5.40. The van der Waals surface area contributed by atoms with Gasteiger partial charge < -0.3 is 9.64 Å². The van der Waals surface area contributed by atoms with Crippen LogP contribution in [0, 0.1) is 17.8 Å². The minimum absolute atomic E-state index is 0.0425. The van der Waals surface area contributed by atoms with Crippen LogP contribution in [0.25, 0.3) is 0 Å². The van der Waals surface area contributed by atoms with Gasteiger partial charge in [-0.05, 0) is 43.4 Å². The van der Waals surface area contributed by atoms with Crippen LogP contribution >= 0.6 is 0 Å². The Morgan fingerprint density at radius 2 is 1.80 bits per heavy atom. The van der Waals surface area contributed by atoms with E-state index in [1.54, 1.807) is 0 Å². The van der Waals surface area contributed by atoms with Gasteiger partial charge in [-0.15, -0.1) is 0 Å². The number of esters is 1. The van der Waals surface area contributed by atoms with E-state index < -0.39 is 5.54 Å². The van der Waals surface area contributed by atoms with Crippen LogP contribution in [0.2, 0.25) is 0 Å². The maximum absolute atomic E-state index is 12.5. The Bertz CT molecular complexity index is 369. The van der Waals surface area contributed by atoms with E-state index in [9.17, 15) is 4.79 Å². The number of carbonyl (C=O) groups is 1. The smallest absolute Gasteiger partial charge is 0.327 e. The van der Waals surface area contributed by atoms with Gasteiger partial charge in [0, 0.05) is 25.7 Å². The molecule has 0 aromatic heterocycles. The Morgan fingerprint density at radius 3 is 2.25 bits per heavy atom. The number of carbonyl (C=O) groups excluding carboxylic acids is 1. The first kappa shape index (κ1) is 14.3. The average Bonchev–Trinajstić information content (AvgIpc) is 3.29. The highest BCUT2D eigenvalue weighted by atomic mass is 16.5. The number of hydrogen-bond acceptors (Lipinski definition) is 4.